The van der Waals surface area contributed by atoms with Gasteiger partial charge in [0.2, 0.25) is 11.9 Å². The molecule has 0 radical (unpaired) electrons. The zero-order chi connectivity index (χ0) is 23.7. The molecule has 1 amide bonds. The van der Waals surface area contributed by atoms with Crippen molar-refractivity contribution in [2.75, 3.05) is 19.0 Å². The number of rotatable bonds is 8. The number of nitrogens with one attached hydrogen (secondary N) is 1. The van der Waals surface area contributed by atoms with Crippen LogP contribution in [-0.2, 0) is 16.1 Å². The lowest BCUT2D eigenvalue weighted by Crippen LogP contribution is -2.23. The molecule has 3 heterocycles. The van der Waals surface area contributed by atoms with Gasteiger partial charge in [0, 0.05) is 42.5 Å². The predicted octanol–water partition coefficient (Wildman–Crippen LogP) is 1.93. The molecule has 3 aromatic heterocycles. The highest BCUT2D eigenvalue weighted by atomic mass is 19.1. The summed E-state index contributed by atoms with van der Waals surface area (Å²) in [5, 5.41) is 15.7. The minimum absolute atomic E-state index is 0.0563. The van der Waals surface area contributed by atoms with Crippen molar-refractivity contribution in [1.82, 2.24) is 34.7 Å². The van der Waals surface area contributed by atoms with Gasteiger partial charge in [-0.3, -0.25) is 9.48 Å². The van der Waals surface area contributed by atoms with Gasteiger partial charge in [-0.15, -0.1) is 5.10 Å². The Labute approximate surface area is 194 Å². The largest absolute Gasteiger partial charge is 0.383 e. The van der Waals surface area contributed by atoms with Crippen molar-refractivity contribution in [3.63, 3.8) is 0 Å². The van der Waals surface area contributed by atoms with Crippen molar-refractivity contribution >= 4 is 23.0 Å². The molecule has 4 aromatic rings. The number of primary amides is 1. The molecule has 0 bridgehead atoms. The molecule has 1 aliphatic carbocycles. The average Bonchev–Trinajstić information content (AvgIpc) is 3.57. The Kier molecular flexibility index (Phi) is 5.88. The van der Waals surface area contributed by atoms with Crippen LogP contribution in [0.15, 0.2) is 36.8 Å². The number of fused-ring (bicyclic) bond motifs is 1. The number of hydrogen-bond acceptors (Lipinski definition) is 8. The van der Waals surface area contributed by atoms with E-state index in [0.29, 0.717) is 53.5 Å². The van der Waals surface area contributed by atoms with Crippen LogP contribution in [0.25, 0.3) is 28.0 Å². The molecule has 1 aromatic carbocycles. The number of anilines is 1. The van der Waals surface area contributed by atoms with E-state index in [1.165, 1.54) is 10.7 Å². The first-order valence-electron chi connectivity index (χ1n) is 11.0. The van der Waals surface area contributed by atoms with E-state index in [1.54, 1.807) is 42.5 Å². The van der Waals surface area contributed by atoms with Gasteiger partial charge < -0.3 is 15.8 Å². The van der Waals surface area contributed by atoms with Crippen LogP contribution in [0.2, 0.25) is 0 Å². The Morgan fingerprint density at radius 3 is 2.97 bits per heavy atom. The van der Waals surface area contributed by atoms with Gasteiger partial charge in [0.15, 0.2) is 11.2 Å². The summed E-state index contributed by atoms with van der Waals surface area (Å²) in [6, 6.07) is 4.88. The first-order valence-corrected chi connectivity index (χ1v) is 11.0. The lowest BCUT2D eigenvalue weighted by molar-refractivity contribution is -0.121. The summed E-state index contributed by atoms with van der Waals surface area (Å²) < 4.78 is 23.3. The fraction of sp³-hybridized carbons (Fsp3) is 0.364. The van der Waals surface area contributed by atoms with Crippen molar-refractivity contribution in [3.8, 4) is 16.8 Å². The van der Waals surface area contributed by atoms with E-state index in [2.05, 4.69) is 30.7 Å². The molecule has 0 unspecified atom stereocenters. The maximum absolute atomic E-state index is 15.0. The Bertz CT molecular complexity index is 1340. The number of hydrogen-bond donors (Lipinski definition) is 2. The van der Waals surface area contributed by atoms with Crippen LogP contribution in [0.5, 0.6) is 0 Å². The summed E-state index contributed by atoms with van der Waals surface area (Å²) in [5.74, 6) is -0.437. The van der Waals surface area contributed by atoms with E-state index in [-0.39, 0.29) is 17.9 Å². The number of amides is 1. The normalized spacial score (nSPS) is 17.9. The first-order chi connectivity index (χ1) is 16.5. The second-order valence-corrected chi connectivity index (χ2v) is 8.31. The van der Waals surface area contributed by atoms with Gasteiger partial charge in [0.05, 0.1) is 31.2 Å². The summed E-state index contributed by atoms with van der Waals surface area (Å²) >= 11 is 0. The number of nitrogens with two attached hydrogens (primary N) is 1. The highest BCUT2D eigenvalue weighted by molar-refractivity contribution is 5.77. The van der Waals surface area contributed by atoms with Crippen LogP contribution in [-0.4, -0.2) is 60.4 Å². The van der Waals surface area contributed by atoms with Crippen LogP contribution in [0.1, 0.15) is 19.3 Å². The van der Waals surface area contributed by atoms with Crippen molar-refractivity contribution in [2.45, 2.75) is 31.8 Å². The third-order valence-corrected chi connectivity index (χ3v) is 6.03. The van der Waals surface area contributed by atoms with Gasteiger partial charge in [-0.1, -0.05) is 5.21 Å². The van der Waals surface area contributed by atoms with Crippen LogP contribution < -0.4 is 11.1 Å². The molecule has 1 aliphatic rings. The number of halogens is 1. The van der Waals surface area contributed by atoms with Crippen molar-refractivity contribution in [1.29, 1.82) is 0 Å². The number of aromatic nitrogens is 7. The second-order valence-electron chi connectivity index (χ2n) is 8.31. The summed E-state index contributed by atoms with van der Waals surface area (Å²) in [5.41, 5.74) is 7.93. The fourth-order valence-corrected chi connectivity index (χ4v) is 4.20. The molecular formula is C22H24FN9O2. The van der Waals surface area contributed by atoms with Gasteiger partial charge in [0.25, 0.3) is 0 Å². The molecular weight excluding hydrogens is 441 g/mol. The van der Waals surface area contributed by atoms with E-state index >= 15 is 4.39 Å². The Hall–Kier alpha value is -3.93. The van der Waals surface area contributed by atoms with Crippen LogP contribution in [0.4, 0.5) is 10.3 Å². The molecule has 12 heteroatoms. The summed E-state index contributed by atoms with van der Waals surface area (Å²) in [7, 11) is 1.62. The number of nitrogens with zero attached hydrogens (tertiary/aromatic N) is 7. The zero-order valence-electron chi connectivity index (χ0n) is 18.6. The van der Waals surface area contributed by atoms with Gasteiger partial charge in [-0.25, -0.2) is 9.37 Å². The van der Waals surface area contributed by atoms with Crippen LogP contribution in [0.3, 0.4) is 0 Å². The second kappa shape index (κ2) is 9.14. The van der Waals surface area contributed by atoms with Gasteiger partial charge in [-0.05, 0) is 31.4 Å². The predicted molar refractivity (Wildman–Crippen MR) is 121 cm³/mol. The molecule has 5 rings (SSSR count). The van der Waals surface area contributed by atoms with E-state index in [1.807, 2.05) is 0 Å². The third kappa shape index (κ3) is 4.31. The van der Waals surface area contributed by atoms with E-state index < -0.39 is 5.82 Å². The molecule has 176 valence electrons. The Morgan fingerprint density at radius 1 is 1.32 bits per heavy atom. The summed E-state index contributed by atoms with van der Waals surface area (Å²) in [6.07, 6.45) is 7.15. The number of carbonyl (C=O) groups excluding carboxylic acids is 1. The third-order valence-electron chi connectivity index (χ3n) is 6.03. The standard InChI is InChI=1S/C22H24FN9O2/c1-34-7-6-31-12-14(10-26-31)17-5-4-16(9-18(17)23)32-21-19(29-30-32)11-25-22(28-21)27-15-3-2-13(8-15)20(24)33/h4-5,9-13,15H,2-3,6-8H2,1H3,(H2,24,33)(H,25,27,28)/t13-,15-/m1/s1. The van der Waals surface area contributed by atoms with E-state index in [4.69, 9.17) is 10.5 Å². The fourth-order valence-electron chi connectivity index (χ4n) is 4.20. The molecule has 3 N–H and O–H groups in total. The van der Waals surface area contributed by atoms with Gasteiger partial charge >= 0.3 is 0 Å². The Morgan fingerprint density at radius 2 is 2.21 bits per heavy atom. The molecule has 2 atom stereocenters. The Balaban J connectivity index is 1.38. The maximum Gasteiger partial charge on any atom is 0.225 e. The smallest absolute Gasteiger partial charge is 0.225 e. The molecule has 11 nitrogen and oxygen atoms in total. The molecule has 0 spiro atoms. The molecule has 0 saturated heterocycles. The minimum atomic E-state index is -0.414. The quantitative estimate of drug-likeness (QED) is 0.402. The average molecular weight is 465 g/mol. The topological polar surface area (TPSA) is 139 Å². The number of benzene rings is 1. The highest BCUT2D eigenvalue weighted by Gasteiger charge is 2.29. The highest BCUT2D eigenvalue weighted by Crippen LogP contribution is 2.28. The van der Waals surface area contributed by atoms with Crippen LogP contribution >= 0.6 is 0 Å². The van der Waals surface area contributed by atoms with E-state index in [9.17, 15) is 4.79 Å². The van der Waals surface area contributed by atoms with Crippen molar-refractivity contribution in [2.24, 2.45) is 11.7 Å². The van der Waals surface area contributed by atoms with E-state index in [0.717, 1.165) is 12.8 Å². The minimum Gasteiger partial charge on any atom is -0.383 e. The summed E-state index contributed by atoms with van der Waals surface area (Å²) in [4.78, 5) is 20.3. The first kappa shape index (κ1) is 21.9. The summed E-state index contributed by atoms with van der Waals surface area (Å²) in [6.45, 7) is 1.11. The zero-order valence-corrected chi connectivity index (χ0v) is 18.6. The number of methoxy groups -OCH3 is 1. The number of ether oxygens (including phenoxy) is 1. The maximum atomic E-state index is 15.0. The van der Waals surface area contributed by atoms with Crippen LogP contribution in [0, 0.1) is 11.7 Å². The SMILES string of the molecule is COCCn1cc(-c2ccc(-n3nnc4cnc(N[C@@H]5CC[C@@H](C(N)=O)C5)nc43)cc2F)cn1. The van der Waals surface area contributed by atoms with Gasteiger partial charge in [0.1, 0.15) is 5.82 Å². The van der Waals surface area contributed by atoms with Gasteiger partial charge in [-0.2, -0.15) is 14.8 Å². The molecule has 34 heavy (non-hydrogen) atoms. The lowest BCUT2D eigenvalue weighted by atomic mass is 10.1. The molecule has 0 aliphatic heterocycles. The molecule has 1 fully saturated rings. The monoisotopic (exact) mass is 465 g/mol. The molecule has 1 saturated carbocycles. The lowest BCUT2D eigenvalue weighted by Gasteiger charge is -2.12. The van der Waals surface area contributed by atoms with Crippen molar-refractivity contribution in [3.05, 3.63) is 42.6 Å². The number of carbonyl (C=O) groups is 1. The van der Waals surface area contributed by atoms with Crippen molar-refractivity contribution < 1.29 is 13.9 Å².